The van der Waals surface area contributed by atoms with Crippen LogP contribution >= 0.6 is 15.9 Å². The second-order valence-corrected chi connectivity index (χ2v) is 3.30. The summed E-state index contributed by atoms with van der Waals surface area (Å²) in [5.41, 5.74) is 7.11. The SMILES string of the molecule is Cc1nc2ncc(N)cn2c1Br. The minimum absolute atomic E-state index is 0.626. The predicted molar refractivity (Wildman–Crippen MR) is 49.8 cm³/mol. The lowest BCUT2D eigenvalue weighted by molar-refractivity contribution is 1.09. The highest BCUT2D eigenvalue weighted by Crippen LogP contribution is 2.17. The molecule has 12 heavy (non-hydrogen) atoms. The molecule has 0 amide bonds. The summed E-state index contributed by atoms with van der Waals surface area (Å²) in [6.07, 6.45) is 3.38. The summed E-state index contributed by atoms with van der Waals surface area (Å²) in [5, 5.41) is 0. The summed E-state index contributed by atoms with van der Waals surface area (Å²) >= 11 is 3.39. The Morgan fingerprint density at radius 1 is 1.58 bits per heavy atom. The number of nitrogen functional groups attached to an aromatic ring is 1. The number of aryl methyl sites for hydroxylation is 1. The van der Waals surface area contributed by atoms with Crippen LogP contribution in [-0.2, 0) is 0 Å². The number of hydrogen-bond donors (Lipinski definition) is 1. The molecule has 0 fully saturated rings. The zero-order valence-electron chi connectivity index (χ0n) is 6.45. The molecule has 2 aromatic rings. The molecule has 0 aliphatic heterocycles. The molecule has 5 heteroatoms. The van der Waals surface area contributed by atoms with Crippen LogP contribution in [0.3, 0.4) is 0 Å². The standard InChI is InChI=1S/C7H7BrN4/c1-4-6(8)12-3-5(9)2-10-7(12)11-4/h2-3H,9H2,1H3. The molecule has 0 bridgehead atoms. The van der Waals surface area contributed by atoms with E-state index in [0.717, 1.165) is 10.3 Å². The third kappa shape index (κ3) is 0.972. The lowest BCUT2D eigenvalue weighted by Crippen LogP contribution is -1.93. The van der Waals surface area contributed by atoms with Gasteiger partial charge in [-0.1, -0.05) is 0 Å². The van der Waals surface area contributed by atoms with Gasteiger partial charge in [0.2, 0.25) is 5.78 Å². The van der Waals surface area contributed by atoms with Crippen molar-refractivity contribution in [2.75, 3.05) is 5.73 Å². The molecule has 2 heterocycles. The van der Waals surface area contributed by atoms with E-state index in [1.54, 1.807) is 12.4 Å². The van der Waals surface area contributed by atoms with Gasteiger partial charge in [0.05, 0.1) is 17.6 Å². The topological polar surface area (TPSA) is 56.2 Å². The van der Waals surface area contributed by atoms with Crippen LogP contribution in [0.1, 0.15) is 5.69 Å². The van der Waals surface area contributed by atoms with E-state index in [0.29, 0.717) is 11.5 Å². The van der Waals surface area contributed by atoms with Crippen LogP contribution in [0.25, 0.3) is 5.78 Å². The van der Waals surface area contributed by atoms with Gasteiger partial charge >= 0.3 is 0 Å². The number of rotatable bonds is 0. The molecule has 2 rings (SSSR count). The maximum atomic E-state index is 5.57. The summed E-state index contributed by atoms with van der Waals surface area (Å²) in [6, 6.07) is 0. The normalized spacial score (nSPS) is 10.8. The summed E-state index contributed by atoms with van der Waals surface area (Å²) in [7, 11) is 0. The van der Waals surface area contributed by atoms with Crippen LogP contribution in [0.15, 0.2) is 17.0 Å². The van der Waals surface area contributed by atoms with Crippen LogP contribution < -0.4 is 5.73 Å². The third-order valence-corrected chi connectivity index (χ3v) is 2.56. The molecule has 0 spiro atoms. The molecule has 0 atom stereocenters. The number of hydrogen-bond acceptors (Lipinski definition) is 3. The number of halogens is 1. The monoisotopic (exact) mass is 226 g/mol. The van der Waals surface area contributed by atoms with E-state index < -0.39 is 0 Å². The van der Waals surface area contributed by atoms with E-state index in [1.807, 2.05) is 11.3 Å². The molecule has 4 nitrogen and oxygen atoms in total. The first-order chi connectivity index (χ1) is 5.68. The minimum Gasteiger partial charge on any atom is -0.396 e. The number of nitrogens with zero attached hydrogens (tertiary/aromatic N) is 3. The van der Waals surface area contributed by atoms with E-state index in [2.05, 4.69) is 25.9 Å². The Morgan fingerprint density at radius 3 is 3.08 bits per heavy atom. The first-order valence-electron chi connectivity index (χ1n) is 3.44. The van der Waals surface area contributed by atoms with Gasteiger partial charge in [0.15, 0.2) is 0 Å². The molecule has 0 aliphatic rings. The maximum absolute atomic E-state index is 5.57. The van der Waals surface area contributed by atoms with Crippen LogP contribution in [0.4, 0.5) is 5.69 Å². The van der Waals surface area contributed by atoms with Gasteiger partial charge in [0.25, 0.3) is 0 Å². The van der Waals surface area contributed by atoms with Crippen LogP contribution in [0.5, 0.6) is 0 Å². The van der Waals surface area contributed by atoms with Crippen molar-refractivity contribution in [2.24, 2.45) is 0 Å². The molecular formula is C7H7BrN4. The van der Waals surface area contributed by atoms with Crippen molar-refractivity contribution in [3.05, 3.63) is 22.7 Å². The summed E-state index contributed by atoms with van der Waals surface area (Å²) in [5.74, 6) is 0.661. The molecule has 2 aromatic heterocycles. The molecule has 0 saturated carbocycles. The lowest BCUT2D eigenvalue weighted by Gasteiger charge is -1.94. The average molecular weight is 227 g/mol. The molecule has 62 valence electrons. The van der Waals surface area contributed by atoms with Crippen molar-refractivity contribution in [3.8, 4) is 0 Å². The fraction of sp³-hybridized carbons (Fsp3) is 0.143. The number of nitrogens with two attached hydrogens (primary N) is 1. The zero-order chi connectivity index (χ0) is 8.72. The summed E-state index contributed by atoms with van der Waals surface area (Å²) in [6.45, 7) is 1.91. The van der Waals surface area contributed by atoms with E-state index >= 15 is 0 Å². The van der Waals surface area contributed by atoms with Crippen molar-refractivity contribution < 1.29 is 0 Å². The molecule has 0 aromatic carbocycles. The van der Waals surface area contributed by atoms with E-state index in [-0.39, 0.29) is 0 Å². The van der Waals surface area contributed by atoms with Crippen LogP contribution in [0.2, 0.25) is 0 Å². The fourth-order valence-electron chi connectivity index (χ4n) is 1.03. The Hall–Kier alpha value is -1.10. The highest BCUT2D eigenvalue weighted by molar-refractivity contribution is 9.10. The van der Waals surface area contributed by atoms with Gasteiger partial charge < -0.3 is 5.73 Å². The smallest absolute Gasteiger partial charge is 0.234 e. The first kappa shape index (κ1) is 7.54. The second kappa shape index (κ2) is 2.45. The quantitative estimate of drug-likeness (QED) is 0.739. The predicted octanol–water partition coefficient (Wildman–Crippen LogP) is 1.38. The Kier molecular flexibility index (Phi) is 1.54. The molecule has 0 unspecified atom stereocenters. The molecular weight excluding hydrogens is 220 g/mol. The van der Waals surface area contributed by atoms with E-state index in [9.17, 15) is 0 Å². The average Bonchev–Trinajstić information content (AvgIpc) is 2.31. The van der Waals surface area contributed by atoms with Crippen molar-refractivity contribution in [2.45, 2.75) is 6.92 Å². The lowest BCUT2D eigenvalue weighted by atomic mass is 10.5. The van der Waals surface area contributed by atoms with Crippen molar-refractivity contribution in [3.63, 3.8) is 0 Å². The Morgan fingerprint density at radius 2 is 2.33 bits per heavy atom. The summed E-state index contributed by atoms with van der Waals surface area (Å²) in [4.78, 5) is 8.26. The number of aromatic nitrogens is 3. The number of fused-ring (bicyclic) bond motifs is 1. The zero-order valence-corrected chi connectivity index (χ0v) is 8.04. The highest BCUT2D eigenvalue weighted by Gasteiger charge is 2.05. The van der Waals surface area contributed by atoms with Crippen molar-refractivity contribution in [1.29, 1.82) is 0 Å². The van der Waals surface area contributed by atoms with Gasteiger partial charge in [-0.15, -0.1) is 0 Å². The summed E-state index contributed by atoms with van der Waals surface area (Å²) < 4.78 is 2.71. The fourth-order valence-corrected chi connectivity index (χ4v) is 1.38. The van der Waals surface area contributed by atoms with Crippen molar-refractivity contribution >= 4 is 27.4 Å². The van der Waals surface area contributed by atoms with E-state index in [1.165, 1.54) is 0 Å². The molecule has 0 radical (unpaired) electrons. The maximum Gasteiger partial charge on any atom is 0.234 e. The van der Waals surface area contributed by atoms with Gasteiger partial charge in [0, 0.05) is 6.20 Å². The third-order valence-electron chi connectivity index (χ3n) is 1.60. The van der Waals surface area contributed by atoms with Crippen molar-refractivity contribution in [1.82, 2.24) is 14.4 Å². The minimum atomic E-state index is 0.626. The Bertz CT molecular complexity index is 434. The van der Waals surface area contributed by atoms with Gasteiger partial charge in [-0.25, -0.2) is 9.97 Å². The number of anilines is 1. The molecule has 2 N–H and O–H groups in total. The van der Waals surface area contributed by atoms with Gasteiger partial charge in [-0.05, 0) is 22.9 Å². The Balaban J connectivity index is 2.88. The first-order valence-corrected chi connectivity index (χ1v) is 4.23. The van der Waals surface area contributed by atoms with Gasteiger partial charge in [0.1, 0.15) is 4.60 Å². The highest BCUT2D eigenvalue weighted by atomic mass is 79.9. The largest absolute Gasteiger partial charge is 0.396 e. The Labute approximate surface area is 77.6 Å². The van der Waals surface area contributed by atoms with Gasteiger partial charge in [-0.3, -0.25) is 4.40 Å². The number of imidazole rings is 1. The van der Waals surface area contributed by atoms with Gasteiger partial charge in [-0.2, -0.15) is 0 Å². The van der Waals surface area contributed by atoms with E-state index in [4.69, 9.17) is 5.73 Å². The molecule has 0 aliphatic carbocycles. The van der Waals surface area contributed by atoms with Crippen LogP contribution in [-0.4, -0.2) is 14.4 Å². The van der Waals surface area contributed by atoms with Crippen LogP contribution in [0, 0.1) is 6.92 Å². The molecule has 0 saturated heterocycles. The second-order valence-electron chi connectivity index (χ2n) is 2.55.